The van der Waals surface area contributed by atoms with Gasteiger partial charge in [0.2, 0.25) is 0 Å². The molecule has 7 heteroatoms. The third kappa shape index (κ3) is 4.69. The van der Waals surface area contributed by atoms with Crippen molar-refractivity contribution >= 4 is 46.5 Å². The molecule has 1 saturated heterocycles. The first-order chi connectivity index (χ1) is 16.6. The lowest BCUT2D eigenvalue weighted by atomic mass is 10.1. The van der Waals surface area contributed by atoms with Crippen LogP contribution in [0.4, 0.5) is 17.1 Å². The number of nitrogens with one attached hydrogen (secondary N) is 1. The number of para-hydroxylation sites is 1. The van der Waals surface area contributed by atoms with Crippen LogP contribution in [-0.2, 0) is 4.79 Å². The molecule has 0 spiro atoms. The van der Waals surface area contributed by atoms with E-state index in [2.05, 4.69) is 28.3 Å². The molecular weight excluding hydrogens is 446 g/mol. The minimum Gasteiger partial charge on any atom is -0.353 e. The molecule has 5 rings (SSSR count). The van der Waals surface area contributed by atoms with Crippen LogP contribution in [0.3, 0.4) is 0 Å². The van der Waals surface area contributed by atoms with E-state index in [9.17, 15) is 4.79 Å². The van der Waals surface area contributed by atoms with Gasteiger partial charge in [-0.1, -0.05) is 54.1 Å². The van der Waals surface area contributed by atoms with Crippen LogP contribution < -0.4 is 10.4 Å². The maximum absolute atomic E-state index is 13.0. The number of amides is 1. The Bertz CT molecular complexity index is 1250. The average molecular weight is 472 g/mol. The second-order valence-corrected chi connectivity index (χ2v) is 8.87. The highest BCUT2D eigenvalue weighted by Crippen LogP contribution is 2.40. The van der Waals surface area contributed by atoms with E-state index in [-0.39, 0.29) is 5.91 Å². The Balaban J connectivity index is 1.54. The second-order valence-electron chi connectivity index (χ2n) is 8.43. The number of likely N-dealkylation sites (N-methyl/N-ethyl adjacent to an activating group) is 1. The molecule has 0 radical (unpaired) electrons. The Labute approximate surface area is 204 Å². The van der Waals surface area contributed by atoms with E-state index in [1.54, 1.807) is 12.2 Å². The predicted molar refractivity (Wildman–Crippen MR) is 139 cm³/mol. The third-order valence-corrected chi connectivity index (χ3v) is 6.28. The quantitative estimate of drug-likeness (QED) is 0.554. The number of amidine groups is 1. The summed E-state index contributed by atoms with van der Waals surface area (Å²) >= 11 is 6.36. The summed E-state index contributed by atoms with van der Waals surface area (Å²) in [5.74, 6) is 0.659. The van der Waals surface area contributed by atoms with Gasteiger partial charge in [0.05, 0.1) is 17.1 Å². The standard InChI is InChI=1S/C27H26ClN5O/c1-31-15-17-32(18-16-31)27-22-9-5-6-10-24(22)33(25-13-12-21(28)19-23(25)29-27)30-26(34)14-11-20-7-3-2-4-8-20/h2-14,19H,15-18H2,1H3,(H,30,34)/b14-11+. The summed E-state index contributed by atoms with van der Waals surface area (Å²) in [6, 6.07) is 23.3. The van der Waals surface area contributed by atoms with E-state index >= 15 is 0 Å². The summed E-state index contributed by atoms with van der Waals surface area (Å²) in [4.78, 5) is 22.7. The zero-order valence-corrected chi connectivity index (χ0v) is 19.7. The molecule has 0 aliphatic carbocycles. The Kier molecular flexibility index (Phi) is 6.34. The van der Waals surface area contributed by atoms with Crippen molar-refractivity contribution in [3.8, 4) is 0 Å². The molecule has 172 valence electrons. The van der Waals surface area contributed by atoms with Crippen molar-refractivity contribution in [2.45, 2.75) is 0 Å². The summed E-state index contributed by atoms with van der Waals surface area (Å²) in [6.45, 7) is 3.69. The number of fused-ring (bicyclic) bond motifs is 2. The highest BCUT2D eigenvalue weighted by atomic mass is 35.5. The van der Waals surface area contributed by atoms with Crippen molar-refractivity contribution in [2.75, 3.05) is 38.2 Å². The molecular formula is C27H26ClN5O. The van der Waals surface area contributed by atoms with Crippen molar-refractivity contribution in [1.82, 2.24) is 15.2 Å². The number of rotatable bonds is 3. The van der Waals surface area contributed by atoms with E-state index < -0.39 is 0 Å². The van der Waals surface area contributed by atoms with Crippen LogP contribution in [0.5, 0.6) is 0 Å². The highest BCUT2D eigenvalue weighted by molar-refractivity contribution is 6.31. The molecule has 3 aromatic carbocycles. The van der Waals surface area contributed by atoms with Gasteiger partial charge in [-0.05, 0) is 49.0 Å². The van der Waals surface area contributed by atoms with Crippen LogP contribution >= 0.6 is 11.6 Å². The lowest BCUT2D eigenvalue weighted by molar-refractivity contribution is -0.116. The van der Waals surface area contributed by atoms with E-state index in [0.717, 1.165) is 54.5 Å². The van der Waals surface area contributed by atoms with Crippen LogP contribution in [0.1, 0.15) is 11.1 Å². The first-order valence-corrected chi connectivity index (χ1v) is 11.7. The SMILES string of the molecule is CN1CCN(C2=Nc3cc(Cl)ccc3N(NC(=O)/C=C/c3ccccc3)c3ccccc32)CC1. The molecule has 3 aromatic rings. The maximum atomic E-state index is 13.0. The molecule has 6 nitrogen and oxygen atoms in total. The number of anilines is 2. The van der Waals surface area contributed by atoms with Gasteiger partial charge in [-0.15, -0.1) is 0 Å². The number of aliphatic imine (C=N–C) groups is 1. The van der Waals surface area contributed by atoms with Crippen LogP contribution in [0.25, 0.3) is 6.08 Å². The molecule has 2 aliphatic heterocycles. The van der Waals surface area contributed by atoms with Gasteiger partial charge in [0, 0.05) is 42.8 Å². The summed E-state index contributed by atoms with van der Waals surface area (Å²) in [5, 5.41) is 2.41. The fourth-order valence-corrected chi connectivity index (χ4v) is 4.37. The minimum atomic E-state index is -0.234. The lowest BCUT2D eigenvalue weighted by Gasteiger charge is -2.35. The van der Waals surface area contributed by atoms with Crippen LogP contribution in [0, 0.1) is 0 Å². The van der Waals surface area contributed by atoms with Gasteiger partial charge in [0.15, 0.2) is 0 Å². The molecule has 1 fully saturated rings. The smallest absolute Gasteiger partial charge is 0.262 e. The van der Waals surface area contributed by atoms with E-state index in [4.69, 9.17) is 16.6 Å². The number of hydrogen-bond acceptors (Lipinski definition) is 5. The minimum absolute atomic E-state index is 0.234. The zero-order valence-electron chi connectivity index (χ0n) is 19.0. The Morgan fingerprint density at radius 3 is 2.47 bits per heavy atom. The molecule has 0 saturated carbocycles. The maximum Gasteiger partial charge on any atom is 0.262 e. The Hall–Kier alpha value is -3.61. The number of hydrogen-bond donors (Lipinski definition) is 1. The van der Waals surface area contributed by atoms with Gasteiger partial charge in [0.25, 0.3) is 5.91 Å². The van der Waals surface area contributed by atoms with Crippen molar-refractivity contribution in [3.05, 3.63) is 95.0 Å². The van der Waals surface area contributed by atoms with Crippen LogP contribution in [0.15, 0.2) is 83.9 Å². The molecule has 1 amide bonds. The molecule has 0 bridgehead atoms. The van der Waals surface area contributed by atoms with Crippen molar-refractivity contribution < 1.29 is 4.79 Å². The largest absolute Gasteiger partial charge is 0.353 e. The number of hydrazine groups is 1. The number of carbonyl (C=O) groups excluding carboxylic acids is 1. The highest BCUT2D eigenvalue weighted by Gasteiger charge is 2.28. The topological polar surface area (TPSA) is 51.2 Å². The third-order valence-electron chi connectivity index (χ3n) is 6.04. The molecule has 2 aliphatic rings. The molecule has 2 heterocycles. The number of carbonyl (C=O) groups is 1. The molecule has 0 aromatic heterocycles. The predicted octanol–water partition coefficient (Wildman–Crippen LogP) is 4.86. The van der Waals surface area contributed by atoms with Gasteiger partial charge in [0.1, 0.15) is 5.84 Å². The van der Waals surface area contributed by atoms with Gasteiger partial charge >= 0.3 is 0 Å². The average Bonchev–Trinajstić information content (AvgIpc) is 2.99. The molecule has 34 heavy (non-hydrogen) atoms. The Morgan fingerprint density at radius 2 is 1.68 bits per heavy atom. The Morgan fingerprint density at radius 1 is 0.941 bits per heavy atom. The van der Waals surface area contributed by atoms with E-state index in [0.29, 0.717) is 10.7 Å². The second kappa shape index (κ2) is 9.71. The van der Waals surface area contributed by atoms with E-state index in [1.807, 2.05) is 71.7 Å². The zero-order chi connectivity index (χ0) is 23.5. The van der Waals surface area contributed by atoms with Crippen molar-refractivity contribution in [1.29, 1.82) is 0 Å². The van der Waals surface area contributed by atoms with Crippen molar-refractivity contribution in [3.63, 3.8) is 0 Å². The van der Waals surface area contributed by atoms with Gasteiger partial charge in [-0.3, -0.25) is 15.2 Å². The fraction of sp³-hybridized carbons (Fsp3) is 0.185. The van der Waals surface area contributed by atoms with Crippen LogP contribution in [-0.4, -0.2) is 54.8 Å². The summed E-state index contributed by atoms with van der Waals surface area (Å²) in [7, 11) is 2.13. The monoisotopic (exact) mass is 471 g/mol. The molecule has 1 N–H and O–H groups in total. The fourth-order valence-electron chi connectivity index (χ4n) is 4.20. The molecule has 0 atom stereocenters. The van der Waals surface area contributed by atoms with Gasteiger partial charge in [-0.2, -0.15) is 0 Å². The van der Waals surface area contributed by atoms with E-state index in [1.165, 1.54) is 0 Å². The van der Waals surface area contributed by atoms with Crippen molar-refractivity contribution in [2.24, 2.45) is 4.99 Å². The first kappa shape index (κ1) is 22.2. The first-order valence-electron chi connectivity index (χ1n) is 11.3. The molecule has 0 unspecified atom stereocenters. The number of piperazine rings is 1. The van der Waals surface area contributed by atoms with Gasteiger partial charge < -0.3 is 9.80 Å². The number of halogens is 1. The lowest BCUT2D eigenvalue weighted by Crippen LogP contribution is -2.47. The summed E-state index contributed by atoms with van der Waals surface area (Å²) in [5.41, 5.74) is 7.32. The normalized spacial score (nSPS) is 16.0. The summed E-state index contributed by atoms with van der Waals surface area (Å²) in [6.07, 6.45) is 3.34. The number of benzene rings is 3. The van der Waals surface area contributed by atoms with Crippen LogP contribution in [0.2, 0.25) is 5.02 Å². The van der Waals surface area contributed by atoms with Gasteiger partial charge in [-0.25, -0.2) is 4.99 Å². The summed E-state index contributed by atoms with van der Waals surface area (Å²) < 4.78 is 0. The number of nitrogens with zero attached hydrogens (tertiary/aromatic N) is 4.